The van der Waals surface area contributed by atoms with Gasteiger partial charge in [-0.15, -0.1) is 0 Å². The van der Waals surface area contributed by atoms with Gasteiger partial charge in [-0.25, -0.2) is 14.4 Å². The normalized spacial score (nSPS) is 14.5. The number of carbonyl (C=O) groups is 1. The third kappa shape index (κ3) is 6.03. The third-order valence-corrected chi connectivity index (χ3v) is 6.42. The van der Waals surface area contributed by atoms with Crippen molar-refractivity contribution >= 4 is 29.2 Å². The molecule has 1 aromatic heterocycles. The monoisotopic (exact) mass is 503 g/mol. The van der Waals surface area contributed by atoms with Gasteiger partial charge in [0.05, 0.1) is 21.3 Å². The molecule has 0 fully saturated rings. The molecular weight excluding hydrogens is 480 g/mol. The summed E-state index contributed by atoms with van der Waals surface area (Å²) in [5.41, 5.74) is 3.01. The molecule has 9 heteroatoms. The zero-order valence-electron chi connectivity index (χ0n) is 18.6. The molecule has 34 heavy (non-hydrogen) atoms. The number of ether oxygens (including phenoxy) is 1. The maximum Gasteiger partial charge on any atom is 0.303 e. The molecular formula is C25H24Cl2FN3O3. The van der Waals surface area contributed by atoms with Crippen molar-refractivity contribution in [3.8, 4) is 17.1 Å². The SMILES string of the molecule is CC(CC(=O)O)CN1CCc2nc(-c3ccc(OCc4ccc(Cl)c(Cl)c4)cc3F)ncc2C1. The summed E-state index contributed by atoms with van der Waals surface area (Å²) in [6.07, 6.45) is 2.59. The van der Waals surface area contributed by atoms with Gasteiger partial charge in [0.25, 0.3) is 0 Å². The second kappa shape index (κ2) is 10.7. The molecule has 3 aromatic rings. The lowest BCUT2D eigenvalue weighted by molar-refractivity contribution is -0.138. The molecule has 0 aliphatic carbocycles. The van der Waals surface area contributed by atoms with Gasteiger partial charge in [0.2, 0.25) is 0 Å². The fraction of sp³-hybridized carbons (Fsp3) is 0.320. The number of aromatic nitrogens is 2. The first-order valence-corrected chi connectivity index (χ1v) is 11.7. The number of benzene rings is 2. The second-order valence-corrected chi connectivity index (χ2v) is 9.35. The summed E-state index contributed by atoms with van der Waals surface area (Å²) < 4.78 is 20.6. The van der Waals surface area contributed by atoms with E-state index >= 15 is 0 Å². The molecule has 2 heterocycles. The molecule has 0 bridgehead atoms. The van der Waals surface area contributed by atoms with Crippen LogP contribution in [0.4, 0.5) is 4.39 Å². The minimum Gasteiger partial charge on any atom is -0.489 e. The molecule has 0 radical (unpaired) electrons. The van der Waals surface area contributed by atoms with Crippen LogP contribution in [0.3, 0.4) is 0 Å². The maximum atomic E-state index is 14.9. The van der Waals surface area contributed by atoms with Gasteiger partial charge in [-0.2, -0.15) is 0 Å². The van der Waals surface area contributed by atoms with Crippen LogP contribution in [-0.2, 0) is 24.4 Å². The largest absolute Gasteiger partial charge is 0.489 e. The molecule has 4 rings (SSSR count). The van der Waals surface area contributed by atoms with Gasteiger partial charge >= 0.3 is 5.97 Å². The Kier molecular flexibility index (Phi) is 7.66. The Hall–Kier alpha value is -2.74. The zero-order chi connectivity index (χ0) is 24.2. The quantitative estimate of drug-likeness (QED) is 0.428. The van der Waals surface area contributed by atoms with Gasteiger partial charge in [0.1, 0.15) is 18.2 Å². The highest BCUT2D eigenvalue weighted by Gasteiger charge is 2.22. The molecule has 1 atom stereocenters. The lowest BCUT2D eigenvalue weighted by atomic mass is 10.0. The number of rotatable bonds is 8. The van der Waals surface area contributed by atoms with Gasteiger partial charge in [-0.3, -0.25) is 9.69 Å². The van der Waals surface area contributed by atoms with E-state index in [1.165, 1.54) is 6.07 Å². The van der Waals surface area contributed by atoms with Gasteiger partial charge in [0.15, 0.2) is 5.82 Å². The molecule has 0 saturated carbocycles. The van der Waals surface area contributed by atoms with Crippen LogP contribution in [0.5, 0.6) is 5.75 Å². The van der Waals surface area contributed by atoms with Gasteiger partial charge < -0.3 is 9.84 Å². The molecule has 1 aliphatic rings. The molecule has 1 aliphatic heterocycles. The van der Waals surface area contributed by atoms with Gasteiger partial charge in [0, 0.05) is 50.3 Å². The van der Waals surface area contributed by atoms with E-state index in [1.54, 1.807) is 36.5 Å². The minimum absolute atomic E-state index is 0.0609. The van der Waals surface area contributed by atoms with E-state index in [1.807, 2.05) is 6.92 Å². The number of carboxylic acid groups (broad SMARTS) is 1. The van der Waals surface area contributed by atoms with E-state index in [2.05, 4.69) is 14.9 Å². The van der Waals surface area contributed by atoms with E-state index < -0.39 is 11.8 Å². The predicted octanol–water partition coefficient (Wildman–Crippen LogP) is 5.64. The van der Waals surface area contributed by atoms with Crippen LogP contribution in [0.25, 0.3) is 11.4 Å². The van der Waals surface area contributed by atoms with Crippen LogP contribution in [0, 0.1) is 11.7 Å². The van der Waals surface area contributed by atoms with Crippen molar-refractivity contribution in [2.45, 2.75) is 32.9 Å². The van der Waals surface area contributed by atoms with Crippen LogP contribution in [-0.4, -0.2) is 39.0 Å². The molecule has 0 spiro atoms. The van der Waals surface area contributed by atoms with Crippen molar-refractivity contribution in [3.63, 3.8) is 0 Å². The van der Waals surface area contributed by atoms with Crippen LogP contribution < -0.4 is 4.74 Å². The molecule has 0 amide bonds. The van der Waals surface area contributed by atoms with E-state index in [9.17, 15) is 9.18 Å². The highest BCUT2D eigenvalue weighted by atomic mass is 35.5. The molecule has 1 unspecified atom stereocenters. The third-order valence-electron chi connectivity index (χ3n) is 5.68. The maximum absolute atomic E-state index is 14.9. The van der Waals surface area contributed by atoms with Crippen LogP contribution in [0.2, 0.25) is 10.0 Å². The van der Waals surface area contributed by atoms with Crippen molar-refractivity contribution < 1.29 is 19.0 Å². The number of nitrogens with zero attached hydrogens (tertiary/aromatic N) is 3. The first kappa shape index (κ1) is 24.4. The average molecular weight is 504 g/mol. The minimum atomic E-state index is -0.786. The van der Waals surface area contributed by atoms with E-state index in [0.717, 1.165) is 23.4 Å². The highest BCUT2D eigenvalue weighted by Crippen LogP contribution is 2.27. The van der Waals surface area contributed by atoms with Crippen molar-refractivity contribution in [1.82, 2.24) is 14.9 Å². The van der Waals surface area contributed by atoms with Crippen molar-refractivity contribution in [3.05, 3.63) is 75.3 Å². The topological polar surface area (TPSA) is 75.5 Å². The summed E-state index contributed by atoms with van der Waals surface area (Å²) in [4.78, 5) is 22.1. The van der Waals surface area contributed by atoms with Crippen molar-refractivity contribution in [2.24, 2.45) is 5.92 Å². The van der Waals surface area contributed by atoms with E-state index in [0.29, 0.717) is 46.7 Å². The zero-order valence-corrected chi connectivity index (χ0v) is 20.1. The summed E-state index contributed by atoms with van der Waals surface area (Å²) in [6.45, 7) is 4.29. The van der Waals surface area contributed by atoms with Crippen molar-refractivity contribution in [2.75, 3.05) is 13.1 Å². The van der Waals surface area contributed by atoms with Gasteiger partial charge in [-0.1, -0.05) is 36.2 Å². The predicted molar refractivity (Wildman–Crippen MR) is 129 cm³/mol. The van der Waals surface area contributed by atoms with Crippen LogP contribution in [0.1, 0.15) is 30.2 Å². The summed E-state index contributed by atoms with van der Waals surface area (Å²) in [7, 11) is 0. The first-order valence-electron chi connectivity index (χ1n) is 10.9. The van der Waals surface area contributed by atoms with E-state index in [-0.39, 0.29) is 18.9 Å². The summed E-state index contributed by atoms with van der Waals surface area (Å²) in [5.74, 6) is -0.473. The molecule has 178 valence electrons. The number of aliphatic carboxylic acids is 1. The number of halogens is 3. The van der Waals surface area contributed by atoms with Gasteiger partial charge in [-0.05, 0) is 35.7 Å². The number of fused-ring (bicyclic) bond motifs is 1. The number of carboxylic acids is 1. The fourth-order valence-electron chi connectivity index (χ4n) is 4.03. The number of hydrogen-bond acceptors (Lipinski definition) is 5. The Balaban J connectivity index is 1.42. The second-order valence-electron chi connectivity index (χ2n) is 8.53. The summed E-state index contributed by atoms with van der Waals surface area (Å²) >= 11 is 11.9. The van der Waals surface area contributed by atoms with Crippen molar-refractivity contribution in [1.29, 1.82) is 0 Å². The van der Waals surface area contributed by atoms with E-state index in [4.69, 9.17) is 33.0 Å². The standard InChI is InChI=1S/C25H24Cl2FN3O3/c1-15(8-24(32)33)12-31-7-6-23-17(13-31)11-29-25(30-23)19-4-3-18(10-22(19)28)34-14-16-2-5-20(26)21(27)9-16/h2-5,9-11,15H,6-8,12-14H2,1H3,(H,32,33). The summed E-state index contributed by atoms with van der Waals surface area (Å²) in [5, 5.41) is 9.87. The highest BCUT2D eigenvalue weighted by molar-refractivity contribution is 6.42. The lowest BCUT2D eigenvalue weighted by Gasteiger charge is -2.29. The average Bonchev–Trinajstić information content (AvgIpc) is 2.79. The first-order chi connectivity index (χ1) is 16.3. The number of hydrogen-bond donors (Lipinski definition) is 1. The van der Waals surface area contributed by atoms with Crippen LogP contribution >= 0.6 is 23.2 Å². The molecule has 1 N–H and O–H groups in total. The Morgan fingerprint density at radius 2 is 2.06 bits per heavy atom. The van der Waals surface area contributed by atoms with Crippen LogP contribution in [0.15, 0.2) is 42.6 Å². The summed E-state index contributed by atoms with van der Waals surface area (Å²) in [6, 6.07) is 9.82. The molecule has 0 saturated heterocycles. The Morgan fingerprint density at radius 3 is 2.79 bits per heavy atom. The lowest BCUT2D eigenvalue weighted by Crippen LogP contribution is -2.35. The molecule has 2 aromatic carbocycles. The Bertz CT molecular complexity index is 1210. The Morgan fingerprint density at radius 1 is 1.24 bits per heavy atom. The molecule has 6 nitrogen and oxygen atoms in total. The smallest absolute Gasteiger partial charge is 0.303 e. The Labute approximate surface area is 207 Å². The fourth-order valence-corrected chi connectivity index (χ4v) is 4.35.